The number of rotatable bonds is 4. The maximum atomic E-state index is 14.5. The highest BCUT2D eigenvalue weighted by Crippen LogP contribution is 2.31. The minimum absolute atomic E-state index is 0.0260. The predicted octanol–water partition coefficient (Wildman–Crippen LogP) is 3.18. The Hall–Kier alpha value is -2.84. The summed E-state index contributed by atoms with van der Waals surface area (Å²) < 4.78 is 19.9. The van der Waals surface area contributed by atoms with Gasteiger partial charge in [-0.3, -0.25) is 5.41 Å². The van der Waals surface area contributed by atoms with Gasteiger partial charge < -0.3 is 15.4 Å². The van der Waals surface area contributed by atoms with Gasteiger partial charge in [-0.25, -0.2) is 9.97 Å². The van der Waals surface area contributed by atoms with Crippen molar-refractivity contribution in [3.05, 3.63) is 58.4 Å². The SMILES string of the molecule is N=C(c1cc(N2CCOCC2)cnc1F)c1c(-c2ccsc2)ccnc1N. The lowest BCUT2D eigenvalue weighted by Gasteiger charge is -2.28. The van der Waals surface area contributed by atoms with E-state index in [1.165, 1.54) is 6.20 Å². The number of aromatic nitrogens is 2. The van der Waals surface area contributed by atoms with Gasteiger partial charge in [-0.2, -0.15) is 15.7 Å². The number of halogens is 1. The maximum Gasteiger partial charge on any atom is 0.222 e. The molecule has 0 atom stereocenters. The molecular weight excluding hydrogens is 365 g/mol. The number of nitrogens with one attached hydrogen (secondary N) is 1. The zero-order chi connectivity index (χ0) is 18.8. The minimum atomic E-state index is -0.698. The second-order valence-corrected chi connectivity index (χ2v) is 6.92. The molecule has 138 valence electrons. The van der Waals surface area contributed by atoms with Crippen LogP contribution in [0.4, 0.5) is 15.9 Å². The highest BCUT2D eigenvalue weighted by atomic mass is 32.1. The van der Waals surface area contributed by atoms with E-state index in [1.54, 1.807) is 29.7 Å². The van der Waals surface area contributed by atoms with Gasteiger partial charge in [0.15, 0.2) is 0 Å². The molecule has 0 spiro atoms. The lowest BCUT2D eigenvalue weighted by atomic mass is 9.96. The average Bonchev–Trinajstić information content (AvgIpc) is 3.23. The lowest BCUT2D eigenvalue weighted by molar-refractivity contribution is 0.122. The van der Waals surface area contributed by atoms with Crippen molar-refractivity contribution in [1.29, 1.82) is 5.41 Å². The van der Waals surface area contributed by atoms with Crippen molar-refractivity contribution in [2.75, 3.05) is 36.9 Å². The summed E-state index contributed by atoms with van der Waals surface area (Å²) in [5.74, 6) is -0.503. The van der Waals surface area contributed by atoms with Gasteiger partial charge >= 0.3 is 0 Å². The Bertz CT molecular complexity index is 970. The topological polar surface area (TPSA) is 88.1 Å². The highest BCUT2D eigenvalue weighted by Gasteiger charge is 2.21. The van der Waals surface area contributed by atoms with Gasteiger partial charge in [0.25, 0.3) is 0 Å². The van der Waals surface area contributed by atoms with Gasteiger partial charge in [0.1, 0.15) is 5.82 Å². The van der Waals surface area contributed by atoms with E-state index in [-0.39, 0.29) is 17.1 Å². The number of ether oxygens (including phenoxy) is 1. The molecule has 0 radical (unpaired) electrons. The molecule has 0 bridgehead atoms. The molecule has 4 rings (SSSR count). The monoisotopic (exact) mass is 383 g/mol. The predicted molar refractivity (Wildman–Crippen MR) is 105 cm³/mol. The van der Waals surface area contributed by atoms with Crippen molar-refractivity contribution in [3.8, 4) is 11.1 Å². The third kappa shape index (κ3) is 3.41. The fourth-order valence-corrected chi connectivity index (χ4v) is 3.80. The third-order valence-electron chi connectivity index (χ3n) is 4.53. The highest BCUT2D eigenvalue weighted by molar-refractivity contribution is 7.08. The number of nitrogens with two attached hydrogens (primary N) is 1. The summed E-state index contributed by atoms with van der Waals surface area (Å²) in [6.07, 6.45) is 3.09. The summed E-state index contributed by atoms with van der Waals surface area (Å²) in [5.41, 5.74) is 9.01. The number of nitrogen functional groups attached to an aromatic ring is 1. The van der Waals surface area contributed by atoms with Crippen molar-refractivity contribution in [2.45, 2.75) is 0 Å². The van der Waals surface area contributed by atoms with Crippen molar-refractivity contribution in [1.82, 2.24) is 9.97 Å². The van der Waals surface area contributed by atoms with Crippen LogP contribution < -0.4 is 10.6 Å². The summed E-state index contributed by atoms with van der Waals surface area (Å²) in [5, 5.41) is 12.6. The van der Waals surface area contributed by atoms with E-state index in [9.17, 15) is 4.39 Å². The van der Waals surface area contributed by atoms with E-state index in [4.69, 9.17) is 15.9 Å². The quantitative estimate of drug-likeness (QED) is 0.534. The summed E-state index contributed by atoms with van der Waals surface area (Å²) in [4.78, 5) is 10.1. The molecule has 1 saturated heterocycles. The van der Waals surface area contributed by atoms with Crippen LogP contribution in [0.2, 0.25) is 0 Å². The molecular formula is C19H18FN5OS. The number of hydrogen-bond acceptors (Lipinski definition) is 7. The largest absolute Gasteiger partial charge is 0.383 e. The summed E-state index contributed by atoms with van der Waals surface area (Å²) in [7, 11) is 0. The van der Waals surface area contributed by atoms with Gasteiger partial charge in [-0.05, 0) is 40.1 Å². The normalized spacial score (nSPS) is 14.3. The Labute approximate surface area is 160 Å². The van der Waals surface area contributed by atoms with Crippen LogP contribution in [0, 0.1) is 11.4 Å². The minimum Gasteiger partial charge on any atom is -0.383 e. The van der Waals surface area contributed by atoms with Crippen LogP contribution in [-0.2, 0) is 4.74 Å². The Balaban J connectivity index is 1.78. The average molecular weight is 383 g/mol. The Morgan fingerprint density at radius 1 is 1.26 bits per heavy atom. The van der Waals surface area contributed by atoms with Gasteiger partial charge in [-0.1, -0.05) is 0 Å². The third-order valence-corrected chi connectivity index (χ3v) is 5.22. The molecule has 1 fully saturated rings. The standard InChI is InChI=1S/C19H18FN5OS/c20-18-15(9-13(10-24-18)25-4-6-26-7-5-25)17(21)16-14(1-3-23-19(16)22)12-2-8-27-11-12/h1-3,8-11,21H,4-7H2,(H2,22,23). The maximum absolute atomic E-state index is 14.5. The fraction of sp³-hybridized carbons (Fsp3) is 0.211. The zero-order valence-corrected chi connectivity index (χ0v) is 15.3. The van der Waals surface area contributed by atoms with Gasteiger partial charge in [0.05, 0.1) is 41.9 Å². The van der Waals surface area contributed by atoms with Crippen molar-refractivity contribution in [3.63, 3.8) is 0 Å². The van der Waals surface area contributed by atoms with Gasteiger partial charge in [0.2, 0.25) is 5.95 Å². The molecule has 6 nitrogen and oxygen atoms in total. The Kier molecular flexibility index (Phi) is 4.83. The molecule has 0 saturated carbocycles. The van der Waals surface area contributed by atoms with Crippen LogP contribution in [0.15, 0.2) is 41.4 Å². The number of pyridine rings is 2. The van der Waals surface area contributed by atoms with Crippen LogP contribution in [0.3, 0.4) is 0 Å². The lowest BCUT2D eigenvalue weighted by Crippen LogP contribution is -2.36. The zero-order valence-electron chi connectivity index (χ0n) is 14.5. The molecule has 0 aromatic carbocycles. The second kappa shape index (κ2) is 7.42. The van der Waals surface area contributed by atoms with E-state index in [0.717, 1.165) is 16.8 Å². The molecule has 27 heavy (non-hydrogen) atoms. The van der Waals surface area contributed by atoms with Crippen molar-refractivity contribution >= 4 is 28.6 Å². The van der Waals surface area contributed by atoms with Crippen molar-refractivity contribution < 1.29 is 9.13 Å². The van der Waals surface area contributed by atoms with Crippen LogP contribution in [0.5, 0.6) is 0 Å². The first-order chi connectivity index (χ1) is 13.1. The van der Waals surface area contributed by atoms with Gasteiger partial charge in [0, 0.05) is 19.3 Å². The molecule has 3 aromatic rings. The first-order valence-electron chi connectivity index (χ1n) is 8.49. The summed E-state index contributed by atoms with van der Waals surface area (Å²) >= 11 is 1.54. The molecule has 1 aliphatic heterocycles. The van der Waals surface area contributed by atoms with Crippen molar-refractivity contribution in [2.24, 2.45) is 0 Å². The van der Waals surface area contributed by atoms with Crippen LogP contribution in [0.1, 0.15) is 11.1 Å². The molecule has 0 unspecified atom stereocenters. The molecule has 0 amide bonds. The van der Waals surface area contributed by atoms with Crippen LogP contribution in [0.25, 0.3) is 11.1 Å². The number of morpholine rings is 1. The van der Waals surface area contributed by atoms with Crippen LogP contribution >= 0.6 is 11.3 Å². The first-order valence-corrected chi connectivity index (χ1v) is 9.44. The summed E-state index contributed by atoms with van der Waals surface area (Å²) in [6, 6.07) is 5.38. The number of hydrogen-bond donors (Lipinski definition) is 2. The number of nitrogens with zero attached hydrogens (tertiary/aromatic N) is 3. The van der Waals surface area contributed by atoms with Crippen LogP contribution in [-0.4, -0.2) is 42.0 Å². The van der Waals surface area contributed by atoms with E-state index >= 15 is 0 Å². The summed E-state index contributed by atoms with van der Waals surface area (Å²) in [6.45, 7) is 2.63. The molecule has 8 heteroatoms. The van der Waals surface area contributed by atoms with E-state index < -0.39 is 5.95 Å². The molecule has 3 N–H and O–H groups in total. The van der Waals surface area contributed by atoms with Gasteiger partial charge in [-0.15, -0.1) is 0 Å². The molecule has 1 aliphatic rings. The second-order valence-electron chi connectivity index (χ2n) is 6.14. The molecule has 4 heterocycles. The Morgan fingerprint density at radius 2 is 2.07 bits per heavy atom. The first kappa shape index (κ1) is 17.6. The van der Waals surface area contributed by atoms with E-state index in [1.807, 2.05) is 16.8 Å². The molecule has 3 aromatic heterocycles. The van der Waals surface area contributed by atoms with E-state index in [2.05, 4.69) is 14.9 Å². The smallest absolute Gasteiger partial charge is 0.222 e. The Morgan fingerprint density at radius 3 is 2.81 bits per heavy atom. The number of thiophene rings is 1. The molecule has 0 aliphatic carbocycles. The van der Waals surface area contributed by atoms with E-state index in [0.29, 0.717) is 31.9 Å². The number of anilines is 2. The fourth-order valence-electron chi connectivity index (χ4n) is 3.14.